The van der Waals surface area contributed by atoms with Crippen molar-refractivity contribution in [3.63, 3.8) is 0 Å². The van der Waals surface area contributed by atoms with Gasteiger partial charge in [-0.3, -0.25) is 10.5 Å². The number of nitrogens with one attached hydrogen (secondary N) is 1. The normalized spacial score (nSPS) is 13.0. The minimum Gasteiger partial charge on any atom is -0.270 e. The van der Waals surface area contributed by atoms with Crippen LogP contribution in [0.1, 0.15) is 17.4 Å². The molecule has 0 bridgehead atoms. The van der Waals surface area contributed by atoms with Crippen molar-refractivity contribution in [2.24, 2.45) is 12.9 Å². The molecule has 0 saturated heterocycles. The first kappa shape index (κ1) is 9.19. The Labute approximate surface area is 84.2 Å². The molecule has 0 fully saturated rings. The van der Waals surface area contributed by atoms with Crippen molar-refractivity contribution in [1.82, 2.24) is 29.2 Å². The van der Waals surface area contributed by atoms with Gasteiger partial charge < -0.3 is 0 Å². The number of nitrogens with two attached hydrogens (primary N) is 1. The number of aryl methyl sites for hydroxylation is 1. The van der Waals surface area contributed by atoms with Gasteiger partial charge in [0.15, 0.2) is 0 Å². The maximum Gasteiger partial charge on any atom is 0.109 e. The number of aromatic nitrogens is 5. The van der Waals surface area contributed by atoms with Crippen LogP contribution in [0.25, 0.3) is 0 Å². The Balaban J connectivity index is 2.36. The van der Waals surface area contributed by atoms with Crippen LogP contribution in [0, 0.1) is 0 Å². The molecule has 1 unspecified atom stereocenters. The minimum absolute atomic E-state index is 0.214. The van der Waals surface area contributed by atoms with E-state index in [-0.39, 0.29) is 6.04 Å². The molecule has 0 saturated carbocycles. The number of hydrazine groups is 1. The van der Waals surface area contributed by atoms with Crippen LogP contribution >= 0.6 is 11.7 Å². The molecule has 8 heteroatoms. The third-order valence-electron chi connectivity index (χ3n) is 1.89. The first-order chi connectivity index (χ1) is 6.83. The fourth-order valence-electron chi connectivity index (χ4n) is 1.18. The van der Waals surface area contributed by atoms with E-state index in [4.69, 9.17) is 5.84 Å². The molecule has 2 aromatic heterocycles. The van der Waals surface area contributed by atoms with Gasteiger partial charge in [-0.15, -0.1) is 5.10 Å². The molecule has 2 rings (SSSR count). The monoisotopic (exact) mass is 211 g/mol. The standard InChI is InChI=1S/C6H9N7S/c1-13-5(3-8-12-13)6(10-7)4-2-9-14-11-4/h2-3,6,10H,7H2,1H3. The molecule has 2 aromatic rings. The van der Waals surface area contributed by atoms with Crippen molar-refractivity contribution < 1.29 is 0 Å². The fourth-order valence-corrected chi connectivity index (χ4v) is 1.63. The van der Waals surface area contributed by atoms with Gasteiger partial charge >= 0.3 is 0 Å². The van der Waals surface area contributed by atoms with Crippen LogP contribution in [0.5, 0.6) is 0 Å². The molecule has 2 heterocycles. The number of rotatable bonds is 3. The SMILES string of the molecule is Cn1nncc1C(NN)c1cnsn1. The summed E-state index contributed by atoms with van der Waals surface area (Å²) in [6.07, 6.45) is 3.31. The summed E-state index contributed by atoms with van der Waals surface area (Å²) < 4.78 is 9.66. The van der Waals surface area contributed by atoms with Gasteiger partial charge in [0.2, 0.25) is 0 Å². The van der Waals surface area contributed by atoms with E-state index in [1.165, 1.54) is 0 Å². The predicted molar refractivity (Wildman–Crippen MR) is 50.1 cm³/mol. The molecule has 3 N–H and O–H groups in total. The zero-order valence-corrected chi connectivity index (χ0v) is 8.27. The molecule has 0 amide bonds. The maximum atomic E-state index is 5.44. The van der Waals surface area contributed by atoms with E-state index in [1.54, 1.807) is 24.1 Å². The summed E-state index contributed by atoms with van der Waals surface area (Å²) in [7, 11) is 1.80. The van der Waals surface area contributed by atoms with E-state index in [9.17, 15) is 0 Å². The van der Waals surface area contributed by atoms with Crippen LogP contribution in [-0.4, -0.2) is 23.7 Å². The van der Waals surface area contributed by atoms with Gasteiger partial charge in [0.25, 0.3) is 0 Å². The highest BCUT2D eigenvalue weighted by Crippen LogP contribution is 2.17. The number of hydrogen-bond acceptors (Lipinski definition) is 7. The summed E-state index contributed by atoms with van der Waals surface area (Å²) in [4.78, 5) is 0. The average molecular weight is 211 g/mol. The smallest absolute Gasteiger partial charge is 0.109 e. The van der Waals surface area contributed by atoms with E-state index < -0.39 is 0 Å². The highest BCUT2D eigenvalue weighted by Gasteiger charge is 2.18. The van der Waals surface area contributed by atoms with E-state index >= 15 is 0 Å². The largest absolute Gasteiger partial charge is 0.270 e. The molecule has 74 valence electrons. The Hall–Kier alpha value is -1.38. The van der Waals surface area contributed by atoms with Gasteiger partial charge in [0.1, 0.15) is 6.04 Å². The van der Waals surface area contributed by atoms with Crippen LogP contribution < -0.4 is 11.3 Å². The Bertz CT molecular complexity index is 394. The van der Waals surface area contributed by atoms with E-state index in [0.29, 0.717) is 0 Å². The first-order valence-corrected chi connectivity index (χ1v) is 4.64. The van der Waals surface area contributed by atoms with Crippen LogP contribution in [-0.2, 0) is 7.05 Å². The van der Waals surface area contributed by atoms with Crippen molar-refractivity contribution in [2.45, 2.75) is 6.04 Å². The van der Waals surface area contributed by atoms with Crippen molar-refractivity contribution in [2.75, 3.05) is 0 Å². The molecule has 1 atom stereocenters. The Morgan fingerprint density at radius 3 is 2.93 bits per heavy atom. The molecular weight excluding hydrogens is 202 g/mol. The van der Waals surface area contributed by atoms with E-state index in [2.05, 4.69) is 24.5 Å². The molecule has 0 spiro atoms. The van der Waals surface area contributed by atoms with Gasteiger partial charge in [-0.2, -0.15) is 8.75 Å². The van der Waals surface area contributed by atoms with Crippen LogP contribution in [0.2, 0.25) is 0 Å². The number of hydrogen-bond donors (Lipinski definition) is 2. The molecule has 0 radical (unpaired) electrons. The highest BCUT2D eigenvalue weighted by atomic mass is 32.1. The van der Waals surface area contributed by atoms with Gasteiger partial charge in [-0.1, -0.05) is 5.21 Å². The molecular formula is C6H9N7S. The summed E-state index contributed by atoms with van der Waals surface area (Å²) in [6, 6.07) is -0.214. The Kier molecular flexibility index (Phi) is 2.48. The molecule has 0 aliphatic rings. The number of nitrogens with zero attached hydrogens (tertiary/aromatic N) is 5. The Morgan fingerprint density at radius 1 is 1.57 bits per heavy atom. The quantitative estimate of drug-likeness (QED) is 0.511. The molecule has 14 heavy (non-hydrogen) atoms. The lowest BCUT2D eigenvalue weighted by molar-refractivity contribution is 0.563. The average Bonchev–Trinajstić information content (AvgIpc) is 2.80. The van der Waals surface area contributed by atoms with Crippen LogP contribution in [0.4, 0.5) is 0 Å². The summed E-state index contributed by atoms with van der Waals surface area (Å²) in [5.74, 6) is 5.44. The minimum atomic E-state index is -0.214. The second-order valence-electron chi connectivity index (χ2n) is 2.71. The lowest BCUT2D eigenvalue weighted by Crippen LogP contribution is -2.30. The van der Waals surface area contributed by atoms with Gasteiger partial charge in [-0.05, 0) is 0 Å². The van der Waals surface area contributed by atoms with E-state index in [1.807, 2.05) is 0 Å². The predicted octanol–water partition coefficient (Wildman–Crippen LogP) is -0.781. The highest BCUT2D eigenvalue weighted by molar-refractivity contribution is 6.99. The first-order valence-electron chi connectivity index (χ1n) is 3.91. The Morgan fingerprint density at radius 2 is 2.43 bits per heavy atom. The lowest BCUT2D eigenvalue weighted by atomic mass is 10.2. The zero-order chi connectivity index (χ0) is 9.97. The molecule has 0 aliphatic heterocycles. The summed E-state index contributed by atoms with van der Waals surface area (Å²) in [6.45, 7) is 0. The van der Waals surface area contributed by atoms with Crippen molar-refractivity contribution in [3.05, 3.63) is 23.8 Å². The second kappa shape index (κ2) is 3.78. The maximum absolute atomic E-state index is 5.44. The van der Waals surface area contributed by atoms with Crippen molar-refractivity contribution >= 4 is 11.7 Å². The summed E-state index contributed by atoms with van der Waals surface area (Å²) >= 11 is 1.14. The van der Waals surface area contributed by atoms with Crippen LogP contribution in [0.15, 0.2) is 12.4 Å². The van der Waals surface area contributed by atoms with Gasteiger partial charge in [-0.25, -0.2) is 5.43 Å². The third kappa shape index (κ3) is 1.50. The fraction of sp³-hybridized carbons (Fsp3) is 0.333. The summed E-state index contributed by atoms with van der Waals surface area (Å²) in [5, 5.41) is 7.59. The lowest BCUT2D eigenvalue weighted by Gasteiger charge is -2.11. The molecule has 0 aromatic carbocycles. The summed E-state index contributed by atoms with van der Waals surface area (Å²) in [5.41, 5.74) is 4.27. The van der Waals surface area contributed by atoms with Crippen molar-refractivity contribution in [1.29, 1.82) is 0 Å². The van der Waals surface area contributed by atoms with E-state index in [0.717, 1.165) is 23.1 Å². The topological polar surface area (TPSA) is 94.5 Å². The van der Waals surface area contributed by atoms with Crippen LogP contribution in [0.3, 0.4) is 0 Å². The molecule has 7 nitrogen and oxygen atoms in total. The third-order valence-corrected chi connectivity index (χ3v) is 2.38. The zero-order valence-electron chi connectivity index (χ0n) is 7.45. The molecule has 0 aliphatic carbocycles. The second-order valence-corrected chi connectivity index (χ2v) is 3.27. The van der Waals surface area contributed by atoms with Crippen molar-refractivity contribution in [3.8, 4) is 0 Å². The van der Waals surface area contributed by atoms with Gasteiger partial charge in [0, 0.05) is 7.05 Å². The van der Waals surface area contributed by atoms with Gasteiger partial charge in [0.05, 0.1) is 35.5 Å².